The van der Waals surface area contributed by atoms with Crippen molar-refractivity contribution in [1.82, 2.24) is 4.98 Å². The van der Waals surface area contributed by atoms with Crippen molar-refractivity contribution < 1.29 is 19.1 Å². The number of nitrogens with two attached hydrogens (primary N) is 1. The van der Waals surface area contributed by atoms with E-state index in [1.807, 2.05) is 31.4 Å². The van der Waals surface area contributed by atoms with Gasteiger partial charge in [-0.1, -0.05) is 38.8 Å². The third-order valence-corrected chi connectivity index (χ3v) is 6.04. The highest BCUT2D eigenvalue weighted by molar-refractivity contribution is 7.99. The van der Waals surface area contributed by atoms with E-state index in [1.165, 1.54) is 18.7 Å². The van der Waals surface area contributed by atoms with Gasteiger partial charge in [0.05, 0.1) is 5.52 Å². The zero-order valence-corrected chi connectivity index (χ0v) is 21.8. The van der Waals surface area contributed by atoms with Gasteiger partial charge >= 0.3 is 0 Å². The zero-order chi connectivity index (χ0) is 25.4. The number of rotatable bonds is 8. The molecule has 0 radical (unpaired) electrons. The average molecular weight is 473 g/mol. The first-order valence-corrected chi connectivity index (χ1v) is 11.8. The Bertz CT molecular complexity index is 1020. The fourth-order valence-electron chi connectivity index (χ4n) is 2.78. The van der Waals surface area contributed by atoms with Crippen molar-refractivity contribution >= 4 is 28.4 Å². The van der Waals surface area contributed by atoms with Gasteiger partial charge in [-0.15, -0.1) is 18.2 Å². The first-order chi connectivity index (χ1) is 15.3. The standard InChI is InChI=1S/C16H15NO2S.C10H21NO2/c1-5-12-7-13-8-14(19-16(20-4)11(3)18)6-10(2)15(13)17-9-12;1-8(9(2,3)4)7-10(5,12-6)13-11/h1,6-9,16H,2-4H3;1,7,11H2,2-6H3. The number of carbonyl (C=O) groups excluding carboxylic acids is 1. The molecule has 2 rings (SSSR count). The molecule has 180 valence electrons. The van der Waals surface area contributed by atoms with Gasteiger partial charge in [-0.05, 0) is 56.2 Å². The highest BCUT2D eigenvalue weighted by Crippen LogP contribution is 2.31. The smallest absolute Gasteiger partial charge is 0.202 e. The van der Waals surface area contributed by atoms with Crippen LogP contribution in [0.25, 0.3) is 10.9 Å². The minimum Gasteiger partial charge on any atom is -0.472 e. The molecule has 0 bridgehead atoms. The second-order valence-corrected chi connectivity index (χ2v) is 9.86. The number of hydrogen-bond acceptors (Lipinski definition) is 7. The molecule has 0 saturated heterocycles. The molecule has 0 fully saturated rings. The lowest BCUT2D eigenvalue weighted by Gasteiger charge is -2.31. The monoisotopic (exact) mass is 472 g/mol. The third kappa shape index (κ3) is 8.49. The number of benzene rings is 1. The highest BCUT2D eigenvalue weighted by atomic mass is 32.2. The van der Waals surface area contributed by atoms with Crippen LogP contribution in [0, 0.1) is 24.7 Å². The summed E-state index contributed by atoms with van der Waals surface area (Å²) in [6.45, 7) is 15.6. The molecule has 1 heterocycles. The molecule has 0 aliphatic heterocycles. The zero-order valence-electron chi connectivity index (χ0n) is 20.9. The van der Waals surface area contributed by atoms with E-state index in [2.05, 4.69) is 38.3 Å². The molecule has 2 unspecified atom stereocenters. The average Bonchev–Trinajstić information content (AvgIpc) is 2.76. The number of carbonyl (C=O) groups is 1. The highest BCUT2D eigenvalue weighted by Gasteiger charge is 2.28. The molecule has 2 N–H and O–H groups in total. The quantitative estimate of drug-likeness (QED) is 0.238. The van der Waals surface area contributed by atoms with Crippen LogP contribution in [0.1, 0.15) is 52.2 Å². The molecule has 6 nitrogen and oxygen atoms in total. The van der Waals surface area contributed by atoms with Gasteiger partial charge in [-0.2, -0.15) is 0 Å². The molecule has 7 heteroatoms. The van der Waals surface area contributed by atoms with Gasteiger partial charge in [0.25, 0.3) is 0 Å². The molecule has 0 aliphatic carbocycles. The topological polar surface area (TPSA) is 83.7 Å². The van der Waals surface area contributed by atoms with Crippen molar-refractivity contribution in [1.29, 1.82) is 0 Å². The number of ether oxygens (including phenoxy) is 2. The van der Waals surface area contributed by atoms with Crippen LogP contribution in [-0.4, -0.2) is 35.4 Å². The maximum atomic E-state index is 11.4. The summed E-state index contributed by atoms with van der Waals surface area (Å²) < 4.78 is 10.9. The molecule has 1 aromatic heterocycles. The molecule has 1 aromatic carbocycles. The number of terminal acetylenes is 1. The Balaban J connectivity index is 0.000000366. The normalized spacial score (nSPS) is 13.8. The first kappa shape index (κ1) is 28.7. The van der Waals surface area contributed by atoms with Gasteiger partial charge in [-0.3, -0.25) is 14.6 Å². The SMILES string of the molecule is C#Cc1cnc2c(C)cc(OC(SC)C(C)=O)cc2c1.C=C(CC(C)(OC)ON)C(C)(C)C. The van der Waals surface area contributed by atoms with Gasteiger partial charge in [0.1, 0.15) is 5.75 Å². The Morgan fingerprint density at radius 3 is 2.39 bits per heavy atom. The third-order valence-electron chi connectivity index (χ3n) is 5.18. The maximum Gasteiger partial charge on any atom is 0.202 e. The summed E-state index contributed by atoms with van der Waals surface area (Å²) in [6, 6.07) is 5.64. The fraction of sp³-hybridized carbons (Fsp3) is 0.462. The van der Waals surface area contributed by atoms with Crippen LogP contribution in [0.5, 0.6) is 5.75 Å². The fourth-order valence-corrected chi connectivity index (χ4v) is 3.32. The number of hydrogen-bond donors (Lipinski definition) is 1. The van der Waals surface area contributed by atoms with Gasteiger partial charge in [0.15, 0.2) is 11.6 Å². The minimum atomic E-state index is -0.760. The minimum absolute atomic E-state index is 0.00856. The summed E-state index contributed by atoms with van der Waals surface area (Å²) in [5, 5.41) is 0.916. The predicted molar refractivity (Wildman–Crippen MR) is 137 cm³/mol. The predicted octanol–water partition coefficient (Wildman–Crippen LogP) is 5.41. The Kier molecular flexibility index (Phi) is 10.6. The number of fused-ring (bicyclic) bond motifs is 1. The van der Waals surface area contributed by atoms with Crippen LogP contribution < -0.4 is 10.6 Å². The van der Waals surface area contributed by atoms with Gasteiger partial charge in [0.2, 0.25) is 5.44 Å². The Morgan fingerprint density at radius 1 is 1.30 bits per heavy atom. The van der Waals surface area contributed by atoms with E-state index in [4.69, 9.17) is 26.6 Å². The number of thioether (sulfide) groups is 1. The molecule has 0 amide bonds. The lowest BCUT2D eigenvalue weighted by atomic mass is 9.84. The number of nitrogens with zero attached hydrogens (tertiary/aromatic N) is 1. The van der Waals surface area contributed by atoms with Crippen LogP contribution in [-0.2, 0) is 14.4 Å². The number of aryl methyl sites for hydroxylation is 1. The summed E-state index contributed by atoms with van der Waals surface area (Å²) in [6.07, 6.45) is 9.51. The van der Waals surface area contributed by atoms with Crippen molar-refractivity contribution in [2.24, 2.45) is 11.3 Å². The van der Waals surface area contributed by atoms with Crippen molar-refractivity contribution in [3.05, 3.63) is 47.7 Å². The Morgan fingerprint density at radius 2 is 1.94 bits per heavy atom. The molecular weight excluding hydrogens is 436 g/mol. The summed E-state index contributed by atoms with van der Waals surface area (Å²) in [4.78, 5) is 20.6. The summed E-state index contributed by atoms with van der Waals surface area (Å²) in [7, 11) is 1.57. The van der Waals surface area contributed by atoms with Crippen LogP contribution >= 0.6 is 11.8 Å². The van der Waals surface area contributed by atoms with E-state index >= 15 is 0 Å². The molecule has 33 heavy (non-hydrogen) atoms. The van der Waals surface area contributed by atoms with Crippen molar-refractivity contribution in [3.63, 3.8) is 0 Å². The molecule has 2 aromatic rings. The van der Waals surface area contributed by atoms with Crippen LogP contribution in [0.3, 0.4) is 0 Å². The summed E-state index contributed by atoms with van der Waals surface area (Å²) >= 11 is 1.37. The largest absolute Gasteiger partial charge is 0.472 e. The second kappa shape index (κ2) is 12.2. The molecule has 0 aliphatic rings. The van der Waals surface area contributed by atoms with Crippen LogP contribution in [0.4, 0.5) is 0 Å². The molecular formula is C26H36N2O4S. The lowest BCUT2D eigenvalue weighted by molar-refractivity contribution is -0.213. The van der Waals surface area contributed by atoms with Gasteiger partial charge in [0, 0.05) is 30.7 Å². The first-order valence-electron chi connectivity index (χ1n) is 10.5. The van der Waals surface area contributed by atoms with E-state index in [1.54, 1.807) is 20.2 Å². The number of methoxy groups -OCH3 is 1. The maximum absolute atomic E-state index is 11.4. The van der Waals surface area contributed by atoms with E-state index in [-0.39, 0.29) is 11.2 Å². The van der Waals surface area contributed by atoms with Crippen LogP contribution in [0.2, 0.25) is 0 Å². The molecule has 0 saturated carbocycles. The Labute approximate surface area is 202 Å². The van der Waals surface area contributed by atoms with Gasteiger partial charge in [-0.25, -0.2) is 5.90 Å². The number of pyridine rings is 1. The van der Waals surface area contributed by atoms with Gasteiger partial charge < -0.3 is 9.47 Å². The van der Waals surface area contributed by atoms with Crippen LogP contribution in [0.15, 0.2) is 36.5 Å². The van der Waals surface area contributed by atoms with E-state index in [9.17, 15) is 4.79 Å². The van der Waals surface area contributed by atoms with E-state index in [0.29, 0.717) is 12.2 Å². The van der Waals surface area contributed by atoms with E-state index in [0.717, 1.165) is 27.6 Å². The summed E-state index contributed by atoms with van der Waals surface area (Å²) in [5.41, 5.74) is 3.22. The lowest BCUT2D eigenvalue weighted by Crippen LogP contribution is -2.35. The second-order valence-electron chi connectivity index (χ2n) is 8.96. The molecule has 0 spiro atoms. The van der Waals surface area contributed by atoms with Crippen molar-refractivity contribution in [2.75, 3.05) is 13.4 Å². The molecule has 2 atom stereocenters. The van der Waals surface area contributed by atoms with Crippen molar-refractivity contribution in [3.8, 4) is 18.1 Å². The number of ketones is 1. The number of aromatic nitrogens is 1. The number of Topliss-reactive ketones (excluding diaryl/α,β-unsaturated/α-hetero) is 1. The summed E-state index contributed by atoms with van der Waals surface area (Å²) in [5.74, 6) is 7.59. The van der Waals surface area contributed by atoms with Crippen molar-refractivity contribution in [2.45, 2.75) is 59.2 Å². The van der Waals surface area contributed by atoms with E-state index < -0.39 is 11.2 Å². The Hall–Kier alpha value is -2.37.